The lowest BCUT2D eigenvalue weighted by Gasteiger charge is -2.43. The minimum atomic E-state index is -1.06. The van der Waals surface area contributed by atoms with Gasteiger partial charge in [-0.25, -0.2) is 9.18 Å². The summed E-state index contributed by atoms with van der Waals surface area (Å²) in [6.07, 6.45) is 7.21. The number of amides is 2. The number of halogens is 2. The van der Waals surface area contributed by atoms with Gasteiger partial charge in [0.15, 0.2) is 0 Å². The SMILES string of the molecule is CNCC(CC1CCC(F)CC1)NC(=O)N1CCCC(C(O)(CCCCOC)c2cccc(Cl)c2)C1. The Hall–Kier alpha value is -1.41. The highest BCUT2D eigenvalue weighted by Gasteiger charge is 2.41. The van der Waals surface area contributed by atoms with E-state index >= 15 is 0 Å². The predicted molar refractivity (Wildman–Crippen MR) is 143 cm³/mol. The average Bonchev–Trinajstić information content (AvgIpc) is 2.88. The molecule has 2 fully saturated rings. The van der Waals surface area contributed by atoms with Crippen LogP contribution >= 0.6 is 11.6 Å². The quantitative estimate of drug-likeness (QED) is 0.325. The molecule has 3 atom stereocenters. The molecule has 1 aliphatic carbocycles. The molecule has 1 heterocycles. The number of hydrogen-bond donors (Lipinski definition) is 3. The smallest absolute Gasteiger partial charge is 0.317 e. The third-order valence-electron chi connectivity index (χ3n) is 8.04. The van der Waals surface area contributed by atoms with Crippen LogP contribution in [0, 0.1) is 11.8 Å². The van der Waals surface area contributed by atoms with Crippen LogP contribution in [-0.4, -0.2) is 68.6 Å². The number of nitrogens with zero attached hydrogens (tertiary/aromatic N) is 1. The van der Waals surface area contributed by atoms with Gasteiger partial charge in [-0.3, -0.25) is 0 Å². The van der Waals surface area contributed by atoms with E-state index in [0.717, 1.165) is 50.5 Å². The fourth-order valence-electron chi connectivity index (χ4n) is 6.00. The maximum Gasteiger partial charge on any atom is 0.317 e. The minimum absolute atomic E-state index is 0.00453. The highest BCUT2D eigenvalue weighted by atomic mass is 35.5. The Balaban J connectivity index is 1.66. The molecule has 36 heavy (non-hydrogen) atoms. The number of likely N-dealkylation sites (tertiary alicyclic amines) is 1. The van der Waals surface area contributed by atoms with Crippen LogP contribution in [0.25, 0.3) is 0 Å². The molecule has 1 saturated carbocycles. The summed E-state index contributed by atoms with van der Waals surface area (Å²) in [6, 6.07) is 7.42. The molecule has 1 aromatic rings. The number of hydrogen-bond acceptors (Lipinski definition) is 4. The molecule has 3 rings (SSSR count). The lowest BCUT2D eigenvalue weighted by molar-refractivity contribution is -0.0564. The van der Waals surface area contributed by atoms with Crippen molar-refractivity contribution >= 4 is 17.6 Å². The zero-order valence-corrected chi connectivity index (χ0v) is 22.7. The van der Waals surface area contributed by atoms with Gasteiger partial charge in [0.05, 0.1) is 5.60 Å². The second-order valence-electron chi connectivity index (χ2n) is 10.7. The number of unbranched alkanes of at least 4 members (excludes halogenated alkanes) is 1. The topological polar surface area (TPSA) is 73.8 Å². The predicted octanol–water partition coefficient (Wildman–Crippen LogP) is 5.27. The molecule has 1 aliphatic heterocycles. The summed E-state index contributed by atoms with van der Waals surface area (Å²) < 4.78 is 18.8. The zero-order chi connectivity index (χ0) is 26.0. The molecule has 204 valence electrons. The molecule has 0 spiro atoms. The second-order valence-corrected chi connectivity index (χ2v) is 11.2. The summed E-state index contributed by atoms with van der Waals surface area (Å²) in [4.78, 5) is 15.2. The zero-order valence-electron chi connectivity index (χ0n) is 22.0. The number of methoxy groups -OCH3 is 1. The van der Waals surface area contributed by atoms with E-state index in [1.54, 1.807) is 7.11 Å². The van der Waals surface area contributed by atoms with E-state index < -0.39 is 11.8 Å². The summed E-state index contributed by atoms with van der Waals surface area (Å²) in [7, 11) is 3.58. The Morgan fingerprint density at radius 1 is 1.28 bits per heavy atom. The van der Waals surface area contributed by atoms with Crippen molar-refractivity contribution in [1.82, 2.24) is 15.5 Å². The fourth-order valence-corrected chi connectivity index (χ4v) is 6.19. The molecule has 2 aliphatic rings. The molecule has 2 amide bonds. The van der Waals surface area contributed by atoms with Crippen LogP contribution in [0.1, 0.15) is 69.8 Å². The standard InChI is InChI=1S/C28H45ClFN3O3/c1-31-19-26(17-21-10-12-25(30)13-11-21)32-27(34)33-15-6-8-23(20-33)28(35,14-3-4-16-36-2)22-7-5-9-24(29)18-22/h5,7,9,18,21,23,25-26,31,35H,3-4,6,8,10-17,19-20H2,1-2H3,(H,32,34). The lowest BCUT2D eigenvalue weighted by Crippen LogP contribution is -2.54. The number of piperidine rings is 1. The summed E-state index contributed by atoms with van der Waals surface area (Å²) in [5.41, 5.74) is -0.247. The van der Waals surface area contributed by atoms with Crippen LogP contribution in [0.15, 0.2) is 24.3 Å². The van der Waals surface area contributed by atoms with Gasteiger partial charge in [-0.05, 0) is 94.9 Å². The van der Waals surface area contributed by atoms with Crippen molar-refractivity contribution in [3.8, 4) is 0 Å². The van der Waals surface area contributed by atoms with Gasteiger partial charge in [0.1, 0.15) is 6.17 Å². The maximum absolute atomic E-state index is 13.6. The van der Waals surface area contributed by atoms with Crippen molar-refractivity contribution in [3.63, 3.8) is 0 Å². The third kappa shape index (κ3) is 8.30. The number of aliphatic hydroxyl groups is 1. The minimum Gasteiger partial charge on any atom is -0.385 e. The van der Waals surface area contributed by atoms with Gasteiger partial charge in [-0.1, -0.05) is 23.7 Å². The first kappa shape index (κ1) is 29.2. The van der Waals surface area contributed by atoms with Gasteiger partial charge in [-0.2, -0.15) is 0 Å². The average molecular weight is 526 g/mol. The maximum atomic E-state index is 13.6. The van der Waals surface area contributed by atoms with Gasteiger partial charge in [0, 0.05) is 50.3 Å². The molecule has 1 saturated heterocycles. The highest BCUT2D eigenvalue weighted by molar-refractivity contribution is 6.30. The Labute approximate surface area is 221 Å². The number of nitrogens with one attached hydrogen (secondary N) is 2. The van der Waals surface area contributed by atoms with Crippen molar-refractivity contribution in [3.05, 3.63) is 34.9 Å². The largest absolute Gasteiger partial charge is 0.385 e. The molecular formula is C28H45ClFN3O3. The van der Waals surface area contributed by atoms with E-state index in [-0.39, 0.29) is 18.0 Å². The molecular weight excluding hydrogens is 481 g/mol. The van der Waals surface area contributed by atoms with Crippen LogP contribution in [0.3, 0.4) is 0 Å². The first-order valence-corrected chi connectivity index (χ1v) is 14.0. The Morgan fingerprint density at radius 2 is 2.06 bits per heavy atom. The Bertz CT molecular complexity index is 808. The normalized spacial score (nSPS) is 25.2. The fraction of sp³-hybridized carbons (Fsp3) is 0.750. The molecule has 0 aromatic heterocycles. The molecule has 0 bridgehead atoms. The van der Waals surface area contributed by atoms with Crippen molar-refractivity contribution in [2.45, 2.75) is 82.0 Å². The lowest BCUT2D eigenvalue weighted by atomic mass is 9.74. The van der Waals surface area contributed by atoms with E-state index in [4.69, 9.17) is 16.3 Å². The van der Waals surface area contributed by atoms with Crippen molar-refractivity contribution in [2.24, 2.45) is 11.8 Å². The van der Waals surface area contributed by atoms with E-state index in [2.05, 4.69) is 10.6 Å². The van der Waals surface area contributed by atoms with E-state index in [1.165, 1.54) is 0 Å². The van der Waals surface area contributed by atoms with Gasteiger partial charge in [0.2, 0.25) is 0 Å². The van der Waals surface area contributed by atoms with Gasteiger partial charge < -0.3 is 25.4 Å². The summed E-state index contributed by atoms with van der Waals surface area (Å²) in [6.45, 7) is 2.52. The van der Waals surface area contributed by atoms with Gasteiger partial charge >= 0.3 is 6.03 Å². The van der Waals surface area contributed by atoms with Crippen LogP contribution in [0.2, 0.25) is 5.02 Å². The number of alkyl halides is 1. The summed E-state index contributed by atoms with van der Waals surface area (Å²) >= 11 is 6.30. The van der Waals surface area contributed by atoms with Crippen molar-refractivity contribution in [1.29, 1.82) is 0 Å². The molecule has 6 nitrogen and oxygen atoms in total. The van der Waals surface area contributed by atoms with Crippen molar-refractivity contribution in [2.75, 3.05) is 40.4 Å². The highest BCUT2D eigenvalue weighted by Crippen LogP contribution is 2.40. The van der Waals surface area contributed by atoms with Crippen LogP contribution in [0.4, 0.5) is 9.18 Å². The third-order valence-corrected chi connectivity index (χ3v) is 8.27. The molecule has 1 aromatic carbocycles. The van der Waals surface area contributed by atoms with E-state index in [9.17, 15) is 14.3 Å². The summed E-state index contributed by atoms with van der Waals surface area (Å²) in [5, 5.41) is 19.1. The Morgan fingerprint density at radius 3 is 2.75 bits per heavy atom. The molecule has 8 heteroatoms. The van der Waals surface area contributed by atoms with E-state index in [1.807, 2.05) is 36.2 Å². The van der Waals surface area contributed by atoms with Crippen LogP contribution in [-0.2, 0) is 10.3 Å². The second kappa shape index (κ2) is 14.5. The number of carbonyl (C=O) groups is 1. The van der Waals surface area contributed by atoms with Crippen LogP contribution in [0.5, 0.6) is 0 Å². The number of rotatable bonds is 12. The number of carbonyl (C=O) groups excluding carboxylic acids is 1. The Kier molecular flexibility index (Phi) is 11.7. The summed E-state index contributed by atoms with van der Waals surface area (Å²) in [5.74, 6) is 0.366. The number of benzene rings is 1. The van der Waals surface area contributed by atoms with Gasteiger partial charge in [-0.15, -0.1) is 0 Å². The first-order valence-electron chi connectivity index (χ1n) is 13.7. The first-order chi connectivity index (χ1) is 17.4. The van der Waals surface area contributed by atoms with E-state index in [0.29, 0.717) is 56.4 Å². The van der Waals surface area contributed by atoms with Gasteiger partial charge in [0.25, 0.3) is 0 Å². The number of likely N-dealkylation sites (N-methyl/N-ethyl adjacent to an activating group) is 1. The molecule has 0 radical (unpaired) electrons. The molecule has 3 N–H and O–H groups in total. The number of ether oxygens (including phenoxy) is 1. The number of urea groups is 1. The molecule has 3 unspecified atom stereocenters. The van der Waals surface area contributed by atoms with Crippen LogP contribution < -0.4 is 10.6 Å². The van der Waals surface area contributed by atoms with Crippen molar-refractivity contribution < 1.29 is 19.0 Å². The monoisotopic (exact) mass is 525 g/mol.